The summed E-state index contributed by atoms with van der Waals surface area (Å²) in [6, 6.07) is 70.7. The zero-order valence-electron chi connectivity index (χ0n) is 66.5. The van der Waals surface area contributed by atoms with Gasteiger partial charge in [0.1, 0.15) is 23.0 Å². The predicted molar refractivity (Wildman–Crippen MR) is 451 cm³/mol. The van der Waals surface area contributed by atoms with Crippen molar-refractivity contribution in [2.75, 3.05) is 19.6 Å². The van der Waals surface area contributed by atoms with E-state index < -0.39 is 0 Å². The molecule has 0 saturated heterocycles. The Labute approximate surface area is 642 Å². The molecule has 1 aliphatic carbocycles. The van der Waals surface area contributed by atoms with Crippen LogP contribution >= 0.6 is 0 Å². The SMILES string of the molecule is Cc1ccc(CN(Cc2ccc(C)cc2C)c2cc3c(O)c(c2)Cc2cc(N(Cc4ccc(C)cc4C)Cc4ccc(C)cc4C)cc(c2O)Cc2cc(N(Cc4ccc(C)cc4C)Cc4ccc(C)cc4C)cc(c2O)Cc2cc(N(Cc4ccc(C)cc4C)Cc4ccc(C)cc4C)cc(c2O)C3)c(C)c1. The fourth-order valence-corrected chi connectivity index (χ4v) is 16.4. The maximum absolute atomic E-state index is 13.6. The number of aryl methyl sites for hydroxylation is 16. The van der Waals surface area contributed by atoms with Crippen molar-refractivity contribution in [2.45, 2.75) is 189 Å². The normalized spacial score (nSPS) is 12.0. The highest BCUT2D eigenvalue weighted by molar-refractivity contribution is 5.69. The van der Waals surface area contributed by atoms with E-state index in [1.165, 1.54) is 134 Å². The molecule has 8 heteroatoms. The van der Waals surface area contributed by atoms with Crippen molar-refractivity contribution in [2.24, 2.45) is 0 Å². The Kier molecular flexibility index (Phi) is 22.2. The maximum atomic E-state index is 13.6. The minimum absolute atomic E-state index is 0.103. The van der Waals surface area contributed by atoms with Crippen molar-refractivity contribution < 1.29 is 20.4 Å². The number of hydrogen-bond acceptors (Lipinski definition) is 8. The summed E-state index contributed by atoms with van der Waals surface area (Å²) in [6.07, 6.45) is 0.591. The molecule has 0 amide bonds. The molecule has 12 aromatic carbocycles. The average Bonchev–Trinajstić information content (AvgIpc) is 0.767. The van der Waals surface area contributed by atoms with Crippen LogP contribution in [0, 0.1) is 111 Å². The van der Waals surface area contributed by atoms with Crippen LogP contribution < -0.4 is 19.6 Å². The quantitative estimate of drug-likeness (QED) is 0.0600. The first-order chi connectivity index (χ1) is 51.6. The summed E-state index contributed by atoms with van der Waals surface area (Å²) in [5, 5.41) is 54.6. The van der Waals surface area contributed by atoms with E-state index in [2.05, 4.69) is 325 Å². The second-order valence-electron chi connectivity index (χ2n) is 32.0. The molecule has 0 aromatic heterocycles. The first kappa shape index (κ1) is 75.3. The number of anilines is 4. The Hall–Kier alpha value is -11.0. The third-order valence-electron chi connectivity index (χ3n) is 22.9. The highest BCUT2D eigenvalue weighted by Crippen LogP contribution is 2.45. The first-order valence-corrected chi connectivity index (χ1v) is 38.5. The van der Waals surface area contributed by atoms with Crippen LogP contribution in [0.2, 0.25) is 0 Å². The Morgan fingerprint density at radius 3 is 0.417 bits per heavy atom. The van der Waals surface area contributed by atoms with Crippen molar-refractivity contribution in [1.29, 1.82) is 0 Å². The van der Waals surface area contributed by atoms with Crippen LogP contribution in [0.5, 0.6) is 23.0 Å². The zero-order chi connectivity index (χ0) is 76.5. The summed E-state index contributed by atoms with van der Waals surface area (Å²) in [5.74, 6) is 0.413. The van der Waals surface area contributed by atoms with Gasteiger partial charge in [-0.05, 0) is 248 Å². The maximum Gasteiger partial charge on any atom is 0.122 e. The second kappa shape index (κ2) is 31.8. The molecule has 0 unspecified atom stereocenters. The Morgan fingerprint density at radius 1 is 0.185 bits per heavy atom. The number of phenolic OH excluding ortho intramolecular Hbond substituents is 4. The monoisotopic (exact) mass is 1430 g/mol. The van der Waals surface area contributed by atoms with Crippen LogP contribution in [-0.4, -0.2) is 20.4 Å². The summed E-state index contributed by atoms with van der Waals surface area (Å²) >= 11 is 0. The topological polar surface area (TPSA) is 93.9 Å². The number of aromatic hydroxyl groups is 4. The molecule has 8 bridgehead atoms. The molecular weight excluding hydrogens is 1320 g/mol. The van der Waals surface area contributed by atoms with Crippen molar-refractivity contribution in [3.8, 4) is 23.0 Å². The molecule has 4 N–H and O–H groups in total. The van der Waals surface area contributed by atoms with Gasteiger partial charge < -0.3 is 40.0 Å². The van der Waals surface area contributed by atoms with Crippen LogP contribution in [0.1, 0.15) is 178 Å². The van der Waals surface area contributed by atoms with Crippen molar-refractivity contribution in [1.82, 2.24) is 0 Å². The van der Waals surface area contributed by atoms with Gasteiger partial charge in [-0.2, -0.15) is 0 Å². The standard InChI is InChI=1S/C100H108N4O4/c1-61-17-25-77(69(9)33-61)53-101(54-78-26-18-62(2)34-70(78)10)93-45-85-41-87-47-94(102(55-79-27-19-63(3)35-71(79)11)56-80-28-20-64(4)36-72(80)12)49-89(98(87)106)43-91-51-96(104(59-83-31-23-67(7)39-75(83)15)60-84-32-24-68(8)40-76(84)16)52-92(100(91)108)44-90-50-95(48-88(99(90)107)42-86(46-93)97(85)105)103(57-81-29-21-65(5)37-73(81)13)58-82-30-22-66(6)38-74(82)14/h17-40,45-52,105-108H,41-44,53-60H2,1-16H3. The average molecular weight is 1430 g/mol. The molecule has 13 rings (SSSR count). The molecule has 552 valence electrons. The van der Waals surface area contributed by atoms with Crippen molar-refractivity contribution >= 4 is 22.7 Å². The Balaban J connectivity index is 1.09. The minimum atomic E-state index is 0.103. The third-order valence-corrected chi connectivity index (χ3v) is 22.9. The number of phenols is 4. The molecule has 0 aliphatic heterocycles. The van der Waals surface area contributed by atoms with Gasteiger partial charge in [-0.15, -0.1) is 0 Å². The van der Waals surface area contributed by atoms with E-state index in [9.17, 15) is 20.4 Å². The first-order valence-electron chi connectivity index (χ1n) is 38.5. The van der Waals surface area contributed by atoms with Crippen LogP contribution in [0.15, 0.2) is 194 Å². The molecule has 0 atom stereocenters. The highest BCUT2D eigenvalue weighted by Gasteiger charge is 2.28. The minimum Gasteiger partial charge on any atom is -0.507 e. The Morgan fingerprint density at radius 2 is 0.306 bits per heavy atom. The largest absolute Gasteiger partial charge is 0.507 e. The van der Waals surface area contributed by atoms with Crippen molar-refractivity contribution in [3.05, 3.63) is 372 Å². The lowest BCUT2D eigenvalue weighted by Gasteiger charge is -2.31. The summed E-state index contributed by atoms with van der Waals surface area (Å²) in [4.78, 5) is 9.74. The number of rotatable bonds is 20. The fourth-order valence-electron chi connectivity index (χ4n) is 16.4. The van der Waals surface area contributed by atoms with Crippen LogP contribution in [0.3, 0.4) is 0 Å². The smallest absolute Gasteiger partial charge is 0.122 e. The predicted octanol–water partition coefficient (Wildman–Crippen LogP) is 22.9. The number of fused-ring (bicyclic) bond motifs is 8. The number of hydrogen-bond donors (Lipinski definition) is 4. The van der Waals surface area contributed by atoms with Crippen LogP contribution in [0.25, 0.3) is 0 Å². The summed E-state index contributed by atoms with van der Waals surface area (Å²) in [7, 11) is 0. The molecule has 0 radical (unpaired) electrons. The lowest BCUT2D eigenvalue weighted by molar-refractivity contribution is 0.450. The van der Waals surface area contributed by atoms with E-state index in [1.54, 1.807) is 0 Å². The summed E-state index contributed by atoms with van der Waals surface area (Å²) in [5.41, 5.74) is 37.4. The Bertz CT molecular complexity index is 4440. The second-order valence-corrected chi connectivity index (χ2v) is 32.0. The molecule has 8 nitrogen and oxygen atoms in total. The van der Waals surface area contributed by atoms with E-state index in [0.717, 1.165) is 22.7 Å². The fraction of sp³-hybridized carbons (Fsp3) is 0.280. The van der Waals surface area contributed by atoms with Crippen molar-refractivity contribution in [3.63, 3.8) is 0 Å². The van der Waals surface area contributed by atoms with E-state index in [-0.39, 0.29) is 48.7 Å². The molecule has 12 aromatic rings. The molecule has 0 fully saturated rings. The molecule has 0 saturated carbocycles. The van der Waals surface area contributed by atoms with E-state index in [0.29, 0.717) is 96.9 Å². The molecule has 108 heavy (non-hydrogen) atoms. The van der Waals surface area contributed by atoms with Gasteiger partial charge in [0.2, 0.25) is 0 Å². The summed E-state index contributed by atoms with van der Waals surface area (Å²) < 4.78 is 0. The summed E-state index contributed by atoms with van der Waals surface area (Å²) in [6.45, 7) is 39.3. The molecular formula is C100H108N4O4. The van der Waals surface area contributed by atoms with Gasteiger partial charge in [-0.25, -0.2) is 0 Å². The lowest BCUT2D eigenvalue weighted by atomic mass is 9.89. The zero-order valence-corrected chi connectivity index (χ0v) is 66.5. The molecule has 0 spiro atoms. The van der Waals surface area contributed by atoms with Gasteiger partial charge in [-0.1, -0.05) is 190 Å². The van der Waals surface area contributed by atoms with Crippen LogP contribution in [-0.2, 0) is 78.0 Å². The molecule has 1 aliphatic rings. The van der Waals surface area contributed by atoms with Gasteiger partial charge in [0.25, 0.3) is 0 Å². The lowest BCUT2D eigenvalue weighted by Crippen LogP contribution is -2.24. The molecule has 0 heterocycles. The van der Waals surface area contributed by atoms with Gasteiger partial charge in [-0.3, -0.25) is 0 Å². The van der Waals surface area contributed by atoms with E-state index >= 15 is 0 Å². The van der Waals surface area contributed by atoms with Gasteiger partial charge in [0, 0.05) is 145 Å². The van der Waals surface area contributed by atoms with Gasteiger partial charge in [0.15, 0.2) is 0 Å². The number of nitrogens with zero attached hydrogens (tertiary/aromatic N) is 4. The number of benzene rings is 12. The van der Waals surface area contributed by atoms with Gasteiger partial charge in [0.05, 0.1) is 0 Å². The van der Waals surface area contributed by atoms with Crippen LogP contribution in [0.4, 0.5) is 22.7 Å². The van der Waals surface area contributed by atoms with E-state index in [4.69, 9.17) is 0 Å². The third kappa shape index (κ3) is 17.2. The van der Waals surface area contributed by atoms with Gasteiger partial charge >= 0.3 is 0 Å². The highest BCUT2D eigenvalue weighted by atomic mass is 16.3. The van der Waals surface area contributed by atoms with E-state index in [1.807, 2.05) is 0 Å².